The summed E-state index contributed by atoms with van der Waals surface area (Å²) in [4.78, 5) is 13.0. The molecule has 1 rings (SSSR count). The van der Waals surface area contributed by atoms with Crippen LogP contribution in [-0.4, -0.2) is 16.4 Å². The number of aromatic amines is 1. The second kappa shape index (κ2) is 2.87. The van der Waals surface area contributed by atoms with Crippen LogP contribution >= 0.6 is 0 Å². The lowest BCUT2D eigenvalue weighted by atomic mass is 10.2. The molecule has 10 heavy (non-hydrogen) atoms. The number of aliphatic hydroxyl groups excluding tert-OH is 1. The third-order valence-electron chi connectivity index (χ3n) is 1.19. The zero-order valence-electron chi connectivity index (χ0n) is 5.24. The van der Waals surface area contributed by atoms with Gasteiger partial charge in [-0.25, -0.2) is 0 Å². The molecule has 1 aromatic heterocycles. The van der Waals surface area contributed by atoms with Crippen molar-refractivity contribution >= 4 is 12.4 Å². The first-order valence-corrected chi connectivity index (χ1v) is 2.81. The van der Waals surface area contributed by atoms with Crippen LogP contribution in [0.25, 0.3) is 6.08 Å². The highest BCUT2D eigenvalue weighted by Crippen LogP contribution is 2.05. The van der Waals surface area contributed by atoms with E-state index in [1.54, 1.807) is 12.4 Å². The van der Waals surface area contributed by atoms with Gasteiger partial charge in [-0.3, -0.25) is 4.79 Å². The Balaban J connectivity index is 3.00. The molecule has 0 atom stereocenters. The van der Waals surface area contributed by atoms with E-state index in [9.17, 15) is 4.79 Å². The van der Waals surface area contributed by atoms with E-state index in [1.807, 2.05) is 0 Å². The zero-order valence-corrected chi connectivity index (χ0v) is 5.24. The van der Waals surface area contributed by atoms with Crippen molar-refractivity contribution in [1.82, 2.24) is 4.98 Å². The molecule has 0 bridgehead atoms. The van der Waals surface area contributed by atoms with Crippen LogP contribution in [0.5, 0.6) is 0 Å². The van der Waals surface area contributed by atoms with Gasteiger partial charge in [0.15, 0.2) is 6.29 Å². The Bertz CT molecular complexity index is 250. The van der Waals surface area contributed by atoms with Crippen molar-refractivity contribution in [1.29, 1.82) is 0 Å². The van der Waals surface area contributed by atoms with E-state index >= 15 is 0 Å². The molecule has 1 heterocycles. The smallest absolute Gasteiger partial charge is 0.152 e. The van der Waals surface area contributed by atoms with Crippen LogP contribution in [0.2, 0.25) is 0 Å². The predicted octanol–water partition coefficient (Wildman–Crippen LogP) is 1.36. The highest BCUT2D eigenvalue weighted by atomic mass is 16.2. The Kier molecular flexibility index (Phi) is 1.89. The van der Waals surface area contributed by atoms with Crippen molar-refractivity contribution in [2.75, 3.05) is 0 Å². The van der Waals surface area contributed by atoms with Crippen molar-refractivity contribution in [2.45, 2.75) is 0 Å². The van der Waals surface area contributed by atoms with E-state index in [1.165, 1.54) is 6.08 Å². The number of aliphatic hydroxyl groups is 1. The molecule has 0 radical (unpaired) electrons. The minimum Gasteiger partial charge on any atom is -0.516 e. The summed E-state index contributed by atoms with van der Waals surface area (Å²) in [6.45, 7) is 0. The summed E-state index contributed by atoms with van der Waals surface area (Å²) in [5.74, 6) is 0. The van der Waals surface area contributed by atoms with Crippen LogP contribution in [0.1, 0.15) is 15.9 Å². The number of carbonyl (C=O) groups excluding carboxylic acids is 1. The number of H-pyrrole nitrogens is 1. The fourth-order valence-corrected chi connectivity index (χ4v) is 0.715. The lowest BCUT2D eigenvalue weighted by Gasteiger charge is -1.83. The average molecular weight is 137 g/mol. The van der Waals surface area contributed by atoms with Crippen molar-refractivity contribution in [3.05, 3.63) is 29.8 Å². The molecule has 0 saturated heterocycles. The van der Waals surface area contributed by atoms with Crippen molar-refractivity contribution in [3.8, 4) is 0 Å². The summed E-state index contributed by atoms with van der Waals surface area (Å²) in [7, 11) is 0. The van der Waals surface area contributed by atoms with Crippen LogP contribution in [0.15, 0.2) is 18.7 Å². The molecule has 0 amide bonds. The number of aldehydes is 1. The summed E-state index contributed by atoms with van der Waals surface area (Å²) >= 11 is 0. The maximum Gasteiger partial charge on any atom is 0.152 e. The SMILES string of the molecule is O=Cc1c[nH]cc1/C=C/O. The van der Waals surface area contributed by atoms with E-state index in [-0.39, 0.29) is 0 Å². The molecule has 0 unspecified atom stereocenters. The van der Waals surface area contributed by atoms with E-state index in [0.717, 1.165) is 12.5 Å². The van der Waals surface area contributed by atoms with Crippen LogP contribution in [0, 0.1) is 0 Å². The minimum atomic E-state index is 0.547. The Morgan fingerprint density at radius 3 is 2.70 bits per heavy atom. The second-order valence-electron chi connectivity index (χ2n) is 1.80. The topological polar surface area (TPSA) is 53.1 Å². The third-order valence-corrected chi connectivity index (χ3v) is 1.19. The van der Waals surface area contributed by atoms with Crippen molar-refractivity contribution in [3.63, 3.8) is 0 Å². The van der Waals surface area contributed by atoms with Gasteiger partial charge in [0.25, 0.3) is 0 Å². The molecule has 3 heteroatoms. The van der Waals surface area contributed by atoms with Crippen LogP contribution in [-0.2, 0) is 0 Å². The summed E-state index contributed by atoms with van der Waals surface area (Å²) in [6, 6.07) is 0. The van der Waals surface area contributed by atoms with Crippen molar-refractivity contribution < 1.29 is 9.90 Å². The van der Waals surface area contributed by atoms with Gasteiger partial charge >= 0.3 is 0 Å². The van der Waals surface area contributed by atoms with E-state index in [4.69, 9.17) is 5.11 Å². The monoisotopic (exact) mass is 137 g/mol. The first-order valence-electron chi connectivity index (χ1n) is 2.81. The van der Waals surface area contributed by atoms with Crippen LogP contribution in [0.3, 0.4) is 0 Å². The molecule has 0 aliphatic rings. The predicted molar refractivity (Wildman–Crippen MR) is 37.8 cm³/mol. The number of carbonyl (C=O) groups is 1. The first kappa shape index (κ1) is 6.61. The Morgan fingerprint density at radius 2 is 2.10 bits per heavy atom. The molecule has 3 nitrogen and oxygen atoms in total. The molecule has 0 aromatic carbocycles. The van der Waals surface area contributed by atoms with Crippen LogP contribution in [0.4, 0.5) is 0 Å². The van der Waals surface area contributed by atoms with Gasteiger partial charge in [-0.1, -0.05) is 0 Å². The lowest BCUT2D eigenvalue weighted by molar-refractivity contribution is 0.112. The van der Waals surface area contributed by atoms with Crippen molar-refractivity contribution in [2.24, 2.45) is 0 Å². The van der Waals surface area contributed by atoms with E-state index in [2.05, 4.69) is 4.98 Å². The molecule has 0 spiro atoms. The molecular weight excluding hydrogens is 130 g/mol. The van der Waals surface area contributed by atoms with Gasteiger partial charge in [0.05, 0.1) is 6.26 Å². The molecule has 1 aromatic rings. The fraction of sp³-hybridized carbons (Fsp3) is 0. The highest BCUT2D eigenvalue weighted by molar-refractivity contribution is 5.81. The zero-order chi connectivity index (χ0) is 7.40. The first-order chi connectivity index (χ1) is 4.88. The number of hydrogen-bond donors (Lipinski definition) is 2. The maximum absolute atomic E-state index is 10.2. The summed E-state index contributed by atoms with van der Waals surface area (Å²) in [5, 5.41) is 8.35. The Morgan fingerprint density at radius 1 is 1.40 bits per heavy atom. The number of nitrogens with one attached hydrogen (secondary N) is 1. The maximum atomic E-state index is 10.2. The van der Waals surface area contributed by atoms with Gasteiger partial charge in [0.2, 0.25) is 0 Å². The third kappa shape index (κ3) is 1.07. The molecule has 0 fully saturated rings. The van der Waals surface area contributed by atoms with Gasteiger partial charge in [-0.2, -0.15) is 0 Å². The van der Waals surface area contributed by atoms with Gasteiger partial charge in [-0.05, 0) is 6.08 Å². The van der Waals surface area contributed by atoms with Gasteiger partial charge in [0, 0.05) is 23.5 Å². The lowest BCUT2D eigenvalue weighted by Crippen LogP contribution is -1.76. The molecule has 2 N–H and O–H groups in total. The summed E-state index contributed by atoms with van der Waals surface area (Å²) < 4.78 is 0. The molecular formula is C7H7NO2. The Hall–Kier alpha value is -1.51. The van der Waals surface area contributed by atoms with E-state index in [0.29, 0.717) is 11.1 Å². The summed E-state index contributed by atoms with van der Waals surface area (Å²) in [5.41, 5.74) is 1.24. The number of aromatic nitrogens is 1. The molecule has 52 valence electrons. The highest BCUT2D eigenvalue weighted by Gasteiger charge is 1.96. The quantitative estimate of drug-likeness (QED) is 0.477. The summed E-state index contributed by atoms with van der Waals surface area (Å²) in [6.07, 6.45) is 6.28. The Labute approximate surface area is 58.0 Å². The normalized spacial score (nSPS) is 10.4. The van der Waals surface area contributed by atoms with Gasteiger partial charge in [-0.15, -0.1) is 0 Å². The molecule has 0 saturated carbocycles. The molecule has 0 aliphatic heterocycles. The molecule has 0 aliphatic carbocycles. The van der Waals surface area contributed by atoms with E-state index < -0.39 is 0 Å². The number of hydrogen-bond acceptors (Lipinski definition) is 2. The van der Waals surface area contributed by atoms with Gasteiger partial charge in [0.1, 0.15) is 0 Å². The minimum absolute atomic E-state index is 0.547. The largest absolute Gasteiger partial charge is 0.516 e. The van der Waals surface area contributed by atoms with Gasteiger partial charge < -0.3 is 10.1 Å². The average Bonchev–Trinajstić information content (AvgIpc) is 2.36. The fourth-order valence-electron chi connectivity index (χ4n) is 0.715. The number of rotatable bonds is 2. The second-order valence-corrected chi connectivity index (χ2v) is 1.80. The van der Waals surface area contributed by atoms with Crippen LogP contribution < -0.4 is 0 Å². The standard InChI is InChI=1S/C7H7NO2/c9-2-1-6-3-8-4-7(6)5-10/h1-5,8-9H/b2-1+.